The summed E-state index contributed by atoms with van der Waals surface area (Å²) in [6, 6.07) is 13.3. The van der Waals surface area contributed by atoms with Gasteiger partial charge in [0, 0.05) is 18.3 Å². The van der Waals surface area contributed by atoms with E-state index in [1.807, 2.05) is 30.3 Å². The minimum atomic E-state index is -0.751. The van der Waals surface area contributed by atoms with Crippen molar-refractivity contribution in [1.29, 1.82) is 0 Å². The molecule has 0 unspecified atom stereocenters. The molecule has 0 aromatic heterocycles. The summed E-state index contributed by atoms with van der Waals surface area (Å²) in [7, 11) is 0. The number of anilines is 1. The lowest BCUT2D eigenvalue weighted by Gasteiger charge is -2.25. The molecular weight excluding hydrogens is 361 g/mol. The topological polar surface area (TPSA) is 49.8 Å². The van der Waals surface area contributed by atoms with E-state index >= 15 is 0 Å². The SMILES string of the molecule is O=C(O)C[C@@H]1CCCN1c1ccc(OCc2ccc(Cl)c(Cl)c2)cc1. The van der Waals surface area contributed by atoms with Crippen molar-refractivity contribution in [2.75, 3.05) is 11.4 Å². The zero-order valence-corrected chi connectivity index (χ0v) is 15.1. The predicted octanol–water partition coefficient (Wildman–Crippen LogP) is 5.02. The van der Waals surface area contributed by atoms with E-state index in [4.69, 9.17) is 33.0 Å². The van der Waals surface area contributed by atoms with E-state index < -0.39 is 5.97 Å². The first kappa shape index (κ1) is 17.9. The third kappa shape index (κ3) is 4.59. The lowest BCUT2D eigenvalue weighted by molar-refractivity contribution is -0.137. The molecule has 1 heterocycles. The second kappa shape index (κ2) is 7.98. The summed E-state index contributed by atoms with van der Waals surface area (Å²) in [4.78, 5) is 13.2. The van der Waals surface area contributed by atoms with Gasteiger partial charge in [-0.2, -0.15) is 0 Å². The Balaban J connectivity index is 1.62. The molecule has 25 heavy (non-hydrogen) atoms. The monoisotopic (exact) mass is 379 g/mol. The molecule has 1 N–H and O–H groups in total. The van der Waals surface area contributed by atoms with Crippen molar-refractivity contribution in [3.63, 3.8) is 0 Å². The number of benzene rings is 2. The highest BCUT2D eigenvalue weighted by Gasteiger charge is 2.26. The van der Waals surface area contributed by atoms with Crippen molar-refractivity contribution in [2.24, 2.45) is 0 Å². The maximum Gasteiger partial charge on any atom is 0.305 e. The normalized spacial score (nSPS) is 16.9. The first-order valence-electron chi connectivity index (χ1n) is 8.18. The summed E-state index contributed by atoms with van der Waals surface area (Å²) in [6.07, 6.45) is 2.12. The molecule has 2 aromatic rings. The molecule has 1 saturated heterocycles. The third-order valence-corrected chi connectivity index (χ3v) is 5.08. The highest BCUT2D eigenvalue weighted by Crippen LogP contribution is 2.29. The van der Waals surface area contributed by atoms with Crippen LogP contribution in [0.25, 0.3) is 0 Å². The molecule has 0 bridgehead atoms. The summed E-state index contributed by atoms with van der Waals surface area (Å²) < 4.78 is 5.78. The van der Waals surface area contributed by atoms with E-state index in [9.17, 15) is 4.79 Å². The zero-order valence-electron chi connectivity index (χ0n) is 13.6. The Morgan fingerprint density at radius 3 is 2.60 bits per heavy atom. The lowest BCUT2D eigenvalue weighted by Crippen LogP contribution is -2.31. The second-order valence-corrected chi connectivity index (χ2v) is 6.93. The number of carbonyl (C=O) groups is 1. The Bertz CT molecular complexity index is 749. The van der Waals surface area contributed by atoms with Gasteiger partial charge in [0.2, 0.25) is 0 Å². The average Bonchev–Trinajstić information content (AvgIpc) is 3.04. The molecule has 1 atom stereocenters. The summed E-state index contributed by atoms with van der Waals surface area (Å²) >= 11 is 11.9. The molecule has 4 nitrogen and oxygen atoms in total. The number of hydrogen-bond acceptors (Lipinski definition) is 3. The van der Waals surface area contributed by atoms with Crippen LogP contribution in [0.2, 0.25) is 10.0 Å². The van der Waals surface area contributed by atoms with Crippen molar-refractivity contribution < 1.29 is 14.6 Å². The smallest absolute Gasteiger partial charge is 0.305 e. The van der Waals surface area contributed by atoms with Crippen LogP contribution < -0.4 is 9.64 Å². The first-order valence-corrected chi connectivity index (χ1v) is 8.94. The van der Waals surface area contributed by atoms with E-state index in [1.54, 1.807) is 12.1 Å². The third-order valence-electron chi connectivity index (χ3n) is 4.35. The standard InChI is InChI=1S/C19H19Cl2NO3/c20-17-8-3-13(10-18(17)21)12-25-16-6-4-14(5-7-16)22-9-1-2-15(22)11-19(23)24/h3-8,10,15H,1-2,9,11-12H2,(H,23,24)/t15-/m0/s1. The summed E-state index contributed by atoms with van der Waals surface area (Å²) in [5.74, 6) is 0.00211. The number of ether oxygens (including phenoxy) is 1. The van der Waals surface area contributed by atoms with Gasteiger partial charge in [0.25, 0.3) is 0 Å². The highest BCUT2D eigenvalue weighted by molar-refractivity contribution is 6.42. The summed E-state index contributed by atoms with van der Waals surface area (Å²) in [5, 5.41) is 10.1. The van der Waals surface area contributed by atoms with Crippen molar-refractivity contribution in [1.82, 2.24) is 0 Å². The average molecular weight is 380 g/mol. The minimum Gasteiger partial charge on any atom is -0.489 e. The van der Waals surface area contributed by atoms with E-state index in [0.29, 0.717) is 16.7 Å². The highest BCUT2D eigenvalue weighted by atomic mass is 35.5. The molecule has 0 spiro atoms. The quantitative estimate of drug-likeness (QED) is 0.765. The van der Waals surface area contributed by atoms with Gasteiger partial charge in [-0.3, -0.25) is 4.79 Å². The predicted molar refractivity (Wildman–Crippen MR) is 99.9 cm³/mol. The van der Waals surface area contributed by atoms with Crippen molar-refractivity contribution >= 4 is 34.9 Å². The van der Waals surface area contributed by atoms with Crippen molar-refractivity contribution in [3.05, 3.63) is 58.1 Å². The van der Waals surface area contributed by atoms with Gasteiger partial charge in [-0.15, -0.1) is 0 Å². The largest absolute Gasteiger partial charge is 0.489 e. The van der Waals surface area contributed by atoms with Crippen LogP contribution in [0.1, 0.15) is 24.8 Å². The number of aliphatic carboxylic acids is 1. The summed E-state index contributed by atoms with van der Waals surface area (Å²) in [5.41, 5.74) is 1.98. The Morgan fingerprint density at radius 2 is 1.92 bits per heavy atom. The van der Waals surface area contributed by atoms with Gasteiger partial charge in [-0.05, 0) is 54.8 Å². The van der Waals surface area contributed by atoms with Gasteiger partial charge in [-0.1, -0.05) is 29.3 Å². The molecule has 0 aliphatic carbocycles. The van der Waals surface area contributed by atoms with Crippen LogP contribution in [0.15, 0.2) is 42.5 Å². The number of carboxylic acids is 1. The van der Waals surface area contributed by atoms with E-state index in [-0.39, 0.29) is 12.5 Å². The molecule has 6 heteroatoms. The molecule has 2 aromatic carbocycles. The Labute approximate surface area is 156 Å². The molecule has 132 valence electrons. The number of halogens is 2. The summed E-state index contributed by atoms with van der Waals surface area (Å²) in [6.45, 7) is 1.29. The van der Waals surface area contributed by atoms with Crippen LogP contribution in [0.5, 0.6) is 5.75 Å². The molecule has 0 amide bonds. The van der Waals surface area contributed by atoms with Crippen LogP contribution in [0.4, 0.5) is 5.69 Å². The van der Waals surface area contributed by atoms with Crippen molar-refractivity contribution in [2.45, 2.75) is 31.9 Å². The van der Waals surface area contributed by atoms with E-state index in [2.05, 4.69) is 4.90 Å². The number of nitrogens with zero attached hydrogens (tertiary/aromatic N) is 1. The molecule has 0 saturated carbocycles. The van der Waals surface area contributed by atoms with Gasteiger partial charge in [0.05, 0.1) is 16.5 Å². The number of hydrogen-bond donors (Lipinski definition) is 1. The lowest BCUT2D eigenvalue weighted by atomic mass is 10.1. The Kier molecular flexibility index (Phi) is 5.71. The Hall–Kier alpha value is -1.91. The second-order valence-electron chi connectivity index (χ2n) is 6.12. The molecule has 3 rings (SSSR count). The fourth-order valence-corrected chi connectivity index (χ4v) is 3.44. The van der Waals surface area contributed by atoms with Crippen LogP contribution in [0, 0.1) is 0 Å². The molecular formula is C19H19Cl2NO3. The molecule has 1 aliphatic rings. The fraction of sp³-hybridized carbons (Fsp3) is 0.316. The van der Waals surface area contributed by atoms with E-state index in [0.717, 1.165) is 36.4 Å². The van der Waals surface area contributed by atoms with Crippen molar-refractivity contribution in [3.8, 4) is 5.75 Å². The molecule has 1 aliphatic heterocycles. The van der Waals surface area contributed by atoms with Gasteiger partial charge in [0.1, 0.15) is 12.4 Å². The number of rotatable bonds is 6. The van der Waals surface area contributed by atoms with E-state index in [1.165, 1.54) is 0 Å². The zero-order chi connectivity index (χ0) is 17.8. The van der Waals surface area contributed by atoms with Crippen LogP contribution in [-0.2, 0) is 11.4 Å². The maximum absolute atomic E-state index is 11.0. The number of carboxylic acid groups (broad SMARTS) is 1. The fourth-order valence-electron chi connectivity index (χ4n) is 3.12. The van der Waals surface area contributed by atoms with Gasteiger partial charge < -0.3 is 14.7 Å². The van der Waals surface area contributed by atoms with Gasteiger partial charge in [-0.25, -0.2) is 0 Å². The van der Waals surface area contributed by atoms with Crippen LogP contribution >= 0.6 is 23.2 Å². The van der Waals surface area contributed by atoms with Crippen LogP contribution in [0.3, 0.4) is 0 Å². The minimum absolute atomic E-state index is 0.0699. The van der Waals surface area contributed by atoms with Gasteiger partial charge >= 0.3 is 5.97 Å². The molecule has 0 radical (unpaired) electrons. The van der Waals surface area contributed by atoms with Crippen LogP contribution in [-0.4, -0.2) is 23.7 Å². The maximum atomic E-state index is 11.0. The first-order chi connectivity index (χ1) is 12.0. The van der Waals surface area contributed by atoms with Gasteiger partial charge in [0.15, 0.2) is 0 Å². The Morgan fingerprint density at radius 1 is 1.16 bits per heavy atom. The molecule has 1 fully saturated rings.